The van der Waals surface area contributed by atoms with Crippen LogP contribution in [-0.4, -0.2) is 61.6 Å². The Morgan fingerprint density at radius 2 is 2.06 bits per heavy atom. The molecule has 0 bridgehead atoms. The Morgan fingerprint density at radius 1 is 1.35 bits per heavy atom. The molecule has 4 rings (SSSR count). The number of ether oxygens (including phenoxy) is 2. The zero-order chi connectivity index (χ0) is 22.4. The molecule has 1 aliphatic carbocycles. The van der Waals surface area contributed by atoms with E-state index < -0.39 is 35.8 Å². The Balaban J connectivity index is 1.39. The topological polar surface area (TPSA) is 132 Å². The molecular formula is C20H26F2N4O5. The molecule has 0 radical (unpaired) electrons. The summed E-state index contributed by atoms with van der Waals surface area (Å²) in [6, 6.07) is 3.35. The van der Waals surface area contributed by atoms with Gasteiger partial charge in [-0.05, 0) is 37.8 Å². The maximum Gasteiger partial charge on any atom is 0.306 e. The molecule has 11 heteroatoms. The summed E-state index contributed by atoms with van der Waals surface area (Å²) < 4.78 is 39.2. The molecule has 2 fully saturated rings. The van der Waals surface area contributed by atoms with Gasteiger partial charge >= 0.3 is 5.97 Å². The molecule has 0 unspecified atom stereocenters. The molecule has 0 amide bonds. The maximum absolute atomic E-state index is 13.3. The third-order valence-electron chi connectivity index (χ3n) is 6.36. The fraction of sp³-hybridized carbons (Fsp3) is 0.650. The van der Waals surface area contributed by atoms with E-state index in [1.807, 2.05) is 0 Å². The largest absolute Gasteiger partial charge is 0.463 e. The number of esters is 1. The minimum absolute atomic E-state index is 0.0399. The van der Waals surface area contributed by atoms with Crippen molar-refractivity contribution in [2.45, 2.75) is 68.9 Å². The van der Waals surface area contributed by atoms with Crippen molar-refractivity contribution in [2.24, 2.45) is 5.92 Å². The average Bonchev–Trinajstić information content (AvgIpc) is 3.25. The predicted molar refractivity (Wildman–Crippen MR) is 104 cm³/mol. The van der Waals surface area contributed by atoms with E-state index in [-0.39, 0.29) is 50.4 Å². The van der Waals surface area contributed by atoms with Crippen molar-refractivity contribution in [1.29, 1.82) is 0 Å². The van der Waals surface area contributed by atoms with Crippen LogP contribution in [0.15, 0.2) is 18.5 Å². The van der Waals surface area contributed by atoms with Gasteiger partial charge in [-0.2, -0.15) is 5.10 Å². The van der Waals surface area contributed by atoms with Crippen LogP contribution in [0.1, 0.15) is 44.7 Å². The van der Waals surface area contributed by atoms with E-state index in [4.69, 9.17) is 15.2 Å². The quantitative estimate of drug-likeness (QED) is 0.595. The van der Waals surface area contributed by atoms with Gasteiger partial charge in [-0.1, -0.05) is 0 Å². The number of hydrogen-bond acceptors (Lipinski definition) is 8. The van der Waals surface area contributed by atoms with E-state index in [1.165, 1.54) is 10.8 Å². The number of nitrogens with two attached hydrogens (primary N) is 1. The Hall–Kier alpha value is -2.37. The number of aromatic nitrogens is 3. The lowest BCUT2D eigenvalue weighted by Gasteiger charge is -2.28. The first kappa shape index (κ1) is 21.8. The van der Waals surface area contributed by atoms with Crippen molar-refractivity contribution >= 4 is 17.3 Å². The Bertz CT molecular complexity index is 960. The van der Waals surface area contributed by atoms with Crippen molar-refractivity contribution in [2.75, 3.05) is 12.3 Å². The summed E-state index contributed by atoms with van der Waals surface area (Å²) in [7, 11) is 0. The van der Waals surface area contributed by atoms with Crippen molar-refractivity contribution in [1.82, 2.24) is 14.6 Å². The SMILES string of the molecule is C[C@@]1(c2ccc3c(N)ncnn23)O[C@H](COC(=O)CC2CCC(F)(F)CC2)[C@@H](O)[C@H]1O. The molecule has 2 aromatic heterocycles. The maximum atomic E-state index is 13.3. The summed E-state index contributed by atoms with van der Waals surface area (Å²) in [6.45, 7) is 1.33. The smallest absolute Gasteiger partial charge is 0.306 e. The van der Waals surface area contributed by atoms with Gasteiger partial charge in [0, 0.05) is 19.3 Å². The highest BCUT2D eigenvalue weighted by Gasteiger charge is 2.54. The van der Waals surface area contributed by atoms with E-state index in [9.17, 15) is 23.8 Å². The monoisotopic (exact) mass is 440 g/mol. The second-order valence-electron chi connectivity index (χ2n) is 8.55. The highest BCUT2D eigenvalue weighted by molar-refractivity contribution is 5.69. The van der Waals surface area contributed by atoms with Crippen LogP contribution in [0.4, 0.5) is 14.6 Å². The van der Waals surface area contributed by atoms with Crippen LogP contribution < -0.4 is 5.73 Å². The number of nitrogens with zero attached hydrogens (tertiary/aromatic N) is 3. The van der Waals surface area contributed by atoms with Crippen LogP contribution in [0, 0.1) is 5.92 Å². The van der Waals surface area contributed by atoms with Gasteiger partial charge in [-0.25, -0.2) is 18.3 Å². The molecule has 2 aromatic rings. The number of alkyl halides is 2. The highest BCUT2D eigenvalue weighted by Crippen LogP contribution is 2.41. The molecule has 1 saturated heterocycles. The first-order valence-electron chi connectivity index (χ1n) is 10.3. The molecule has 0 aromatic carbocycles. The lowest BCUT2D eigenvalue weighted by atomic mass is 9.85. The van der Waals surface area contributed by atoms with Crippen LogP contribution in [0.3, 0.4) is 0 Å². The van der Waals surface area contributed by atoms with E-state index in [2.05, 4.69) is 10.1 Å². The molecule has 4 atom stereocenters. The summed E-state index contributed by atoms with van der Waals surface area (Å²) in [5.41, 5.74) is 5.50. The van der Waals surface area contributed by atoms with Gasteiger partial charge < -0.3 is 25.4 Å². The minimum atomic E-state index is -2.65. The van der Waals surface area contributed by atoms with Crippen LogP contribution in [-0.2, 0) is 19.9 Å². The third kappa shape index (κ3) is 4.09. The molecule has 1 aliphatic heterocycles. The zero-order valence-corrected chi connectivity index (χ0v) is 17.1. The summed E-state index contributed by atoms with van der Waals surface area (Å²) >= 11 is 0. The Morgan fingerprint density at radius 3 is 2.77 bits per heavy atom. The summed E-state index contributed by atoms with van der Waals surface area (Å²) in [6.07, 6.45) is -2.18. The van der Waals surface area contributed by atoms with E-state index in [0.717, 1.165) is 0 Å². The van der Waals surface area contributed by atoms with Gasteiger partial charge in [0.2, 0.25) is 5.92 Å². The Kier molecular flexibility index (Phi) is 5.61. The van der Waals surface area contributed by atoms with Gasteiger partial charge in [-0.15, -0.1) is 0 Å². The number of hydrogen-bond donors (Lipinski definition) is 3. The molecule has 1 saturated carbocycles. The second-order valence-corrected chi connectivity index (χ2v) is 8.55. The number of rotatable bonds is 5. The predicted octanol–water partition coefficient (Wildman–Crippen LogP) is 1.41. The van der Waals surface area contributed by atoms with Gasteiger partial charge in [0.15, 0.2) is 5.82 Å². The van der Waals surface area contributed by atoms with Gasteiger partial charge in [0.25, 0.3) is 0 Å². The van der Waals surface area contributed by atoms with E-state index >= 15 is 0 Å². The molecular weight excluding hydrogens is 414 g/mol. The third-order valence-corrected chi connectivity index (χ3v) is 6.36. The lowest BCUT2D eigenvalue weighted by Crippen LogP contribution is -2.39. The van der Waals surface area contributed by atoms with Gasteiger partial charge in [0.1, 0.15) is 42.4 Å². The number of carbonyl (C=O) groups is 1. The summed E-state index contributed by atoms with van der Waals surface area (Å²) in [5.74, 6) is -3.08. The zero-order valence-electron chi connectivity index (χ0n) is 17.1. The number of anilines is 1. The van der Waals surface area contributed by atoms with Crippen LogP contribution in [0.2, 0.25) is 0 Å². The van der Waals surface area contributed by atoms with E-state index in [0.29, 0.717) is 11.2 Å². The normalized spacial score (nSPS) is 31.2. The molecule has 0 spiro atoms. The number of fused-ring (bicyclic) bond motifs is 1. The summed E-state index contributed by atoms with van der Waals surface area (Å²) in [4.78, 5) is 16.1. The lowest BCUT2D eigenvalue weighted by molar-refractivity contribution is -0.154. The Labute approximate surface area is 177 Å². The van der Waals surface area contributed by atoms with Crippen LogP contribution in [0.25, 0.3) is 5.52 Å². The van der Waals surface area contributed by atoms with Crippen molar-refractivity contribution in [3.8, 4) is 0 Å². The first-order chi connectivity index (χ1) is 14.6. The number of halogens is 2. The van der Waals surface area contributed by atoms with Crippen molar-refractivity contribution < 1.29 is 33.3 Å². The molecule has 170 valence electrons. The van der Waals surface area contributed by atoms with Crippen LogP contribution >= 0.6 is 0 Å². The average molecular weight is 440 g/mol. The first-order valence-corrected chi connectivity index (χ1v) is 10.3. The number of nitrogen functional groups attached to an aromatic ring is 1. The fourth-order valence-electron chi connectivity index (χ4n) is 4.43. The van der Waals surface area contributed by atoms with E-state index in [1.54, 1.807) is 19.1 Å². The minimum Gasteiger partial charge on any atom is -0.463 e. The molecule has 3 heterocycles. The van der Waals surface area contributed by atoms with Crippen molar-refractivity contribution in [3.63, 3.8) is 0 Å². The standard InChI is InChI=1S/C20H26F2N4O5/c1-19(14-3-2-12-18(23)24-10-25-26(12)14)17(29)16(28)13(31-19)9-30-15(27)8-11-4-6-20(21,22)7-5-11/h2-3,10-11,13,16-17,28-29H,4-9H2,1H3,(H2,23,24,25)/t13-,16-,17-,19+/m1/s1. The number of carbonyl (C=O) groups excluding carboxylic acids is 1. The van der Waals surface area contributed by atoms with Gasteiger partial charge in [-0.3, -0.25) is 4.79 Å². The van der Waals surface area contributed by atoms with Crippen molar-refractivity contribution in [3.05, 3.63) is 24.2 Å². The van der Waals surface area contributed by atoms with Crippen LogP contribution in [0.5, 0.6) is 0 Å². The molecule has 4 N–H and O–H groups in total. The fourth-order valence-corrected chi connectivity index (χ4v) is 4.43. The number of aliphatic hydroxyl groups excluding tert-OH is 2. The second kappa shape index (κ2) is 7.95. The number of aliphatic hydroxyl groups is 2. The molecule has 2 aliphatic rings. The molecule has 9 nitrogen and oxygen atoms in total. The molecule has 31 heavy (non-hydrogen) atoms. The van der Waals surface area contributed by atoms with Gasteiger partial charge in [0.05, 0.1) is 5.69 Å². The highest BCUT2D eigenvalue weighted by atomic mass is 19.3. The summed E-state index contributed by atoms with van der Waals surface area (Å²) in [5, 5.41) is 25.3.